The number of hydrogen-bond donors (Lipinski definition) is 0. The summed E-state index contributed by atoms with van der Waals surface area (Å²) in [6.45, 7) is 2.82. The van der Waals surface area contributed by atoms with Gasteiger partial charge in [-0.15, -0.1) is 0 Å². The molecule has 0 radical (unpaired) electrons. The van der Waals surface area contributed by atoms with Crippen LogP contribution in [-0.4, -0.2) is 18.5 Å². The topological polar surface area (TPSA) is 61.8 Å². The highest BCUT2D eigenvalue weighted by Gasteiger charge is 2.30. The van der Waals surface area contributed by atoms with Gasteiger partial charge in [0.05, 0.1) is 23.3 Å². The Labute approximate surface area is 214 Å². The molecule has 0 aliphatic rings. The van der Waals surface area contributed by atoms with Crippen LogP contribution in [0.2, 0.25) is 0 Å². The van der Waals surface area contributed by atoms with Crippen LogP contribution in [0.25, 0.3) is 0 Å². The zero-order valence-electron chi connectivity index (χ0n) is 20.6. The fraction of sp³-hybridized carbons (Fsp3) is 0.310. The molecule has 37 heavy (non-hydrogen) atoms. The minimum absolute atomic E-state index is 0.0251. The average molecular weight is 515 g/mol. The van der Waals surface area contributed by atoms with Gasteiger partial charge in [-0.25, -0.2) is 9.59 Å². The van der Waals surface area contributed by atoms with Crippen molar-refractivity contribution in [1.82, 2.24) is 0 Å². The number of carbonyl (C=O) groups excluding carboxylic acids is 2. The molecule has 3 aromatic carbocycles. The molecule has 8 heteroatoms. The molecular weight excluding hydrogens is 485 g/mol. The van der Waals surface area contributed by atoms with Gasteiger partial charge in [-0.05, 0) is 79.2 Å². The van der Waals surface area contributed by atoms with E-state index in [0.717, 1.165) is 37.1 Å². The Morgan fingerprint density at radius 2 is 1.05 bits per heavy atom. The van der Waals surface area contributed by atoms with Crippen molar-refractivity contribution < 1.29 is 37.0 Å². The number of unbranched alkanes of at least 4 members (excludes halogenated alkanes) is 5. The summed E-state index contributed by atoms with van der Waals surface area (Å²) in [5, 5.41) is 0. The van der Waals surface area contributed by atoms with E-state index in [1.807, 2.05) is 0 Å². The second-order valence-electron chi connectivity index (χ2n) is 8.47. The van der Waals surface area contributed by atoms with E-state index in [9.17, 15) is 22.8 Å². The molecule has 3 rings (SSSR count). The number of benzene rings is 3. The van der Waals surface area contributed by atoms with Gasteiger partial charge in [0, 0.05) is 0 Å². The molecule has 0 spiro atoms. The van der Waals surface area contributed by atoms with E-state index in [0.29, 0.717) is 17.9 Å². The van der Waals surface area contributed by atoms with E-state index in [-0.39, 0.29) is 17.1 Å². The van der Waals surface area contributed by atoms with Crippen molar-refractivity contribution in [2.45, 2.75) is 51.6 Å². The fourth-order valence-electron chi connectivity index (χ4n) is 3.46. The Kier molecular flexibility index (Phi) is 10.1. The number of hydrogen-bond acceptors (Lipinski definition) is 5. The number of ether oxygens (including phenoxy) is 3. The Bertz CT molecular complexity index is 1140. The second-order valence-corrected chi connectivity index (χ2v) is 8.47. The molecule has 0 atom stereocenters. The van der Waals surface area contributed by atoms with E-state index in [4.69, 9.17) is 14.2 Å². The lowest BCUT2D eigenvalue weighted by atomic mass is 10.1. The minimum atomic E-state index is -4.49. The van der Waals surface area contributed by atoms with Crippen molar-refractivity contribution >= 4 is 11.9 Å². The summed E-state index contributed by atoms with van der Waals surface area (Å²) in [6.07, 6.45) is 2.59. The van der Waals surface area contributed by atoms with Gasteiger partial charge < -0.3 is 14.2 Å². The molecule has 0 bridgehead atoms. The van der Waals surface area contributed by atoms with Gasteiger partial charge in [-0.3, -0.25) is 0 Å². The van der Waals surface area contributed by atoms with Gasteiger partial charge in [-0.2, -0.15) is 13.2 Å². The lowest BCUT2D eigenvalue weighted by Crippen LogP contribution is -2.10. The summed E-state index contributed by atoms with van der Waals surface area (Å²) < 4.78 is 54.2. The highest BCUT2D eigenvalue weighted by molar-refractivity contribution is 5.92. The third-order valence-electron chi connectivity index (χ3n) is 5.55. The van der Waals surface area contributed by atoms with Crippen molar-refractivity contribution in [2.24, 2.45) is 0 Å². The van der Waals surface area contributed by atoms with E-state index in [2.05, 4.69) is 6.92 Å². The highest BCUT2D eigenvalue weighted by Crippen LogP contribution is 2.29. The molecule has 0 saturated carbocycles. The van der Waals surface area contributed by atoms with Crippen molar-refractivity contribution in [2.75, 3.05) is 6.61 Å². The SMILES string of the molecule is CCCCCCCCOc1ccc(C(=O)Oc2ccc(OC(=O)c3ccc(C(F)(F)F)cc3)cc2)cc1. The maximum absolute atomic E-state index is 12.7. The molecular formula is C29H29F3O5. The minimum Gasteiger partial charge on any atom is -0.494 e. The third-order valence-corrected chi connectivity index (χ3v) is 5.55. The zero-order chi connectivity index (χ0) is 26.7. The zero-order valence-corrected chi connectivity index (χ0v) is 20.6. The van der Waals surface area contributed by atoms with Gasteiger partial charge in [0.2, 0.25) is 0 Å². The first-order valence-corrected chi connectivity index (χ1v) is 12.2. The molecule has 0 aliphatic heterocycles. The molecule has 0 unspecified atom stereocenters. The molecule has 5 nitrogen and oxygen atoms in total. The summed E-state index contributed by atoms with van der Waals surface area (Å²) in [4.78, 5) is 24.6. The fourth-order valence-corrected chi connectivity index (χ4v) is 3.46. The maximum atomic E-state index is 12.7. The first kappa shape index (κ1) is 27.8. The molecule has 0 saturated heterocycles. The van der Waals surface area contributed by atoms with Crippen LogP contribution in [-0.2, 0) is 6.18 Å². The van der Waals surface area contributed by atoms with Crippen LogP contribution in [0.3, 0.4) is 0 Å². The van der Waals surface area contributed by atoms with Crippen LogP contribution < -0.4 is 14.2 Å². The lowest BCUT2D eigenvalue weighted by Gasteiger charge is -2.09. The first-order valence-electron chi connectivity index (χ1n) is 12.2. The molecule has 0 aliphatic carbocycles. The van der Waals surface area contributed by atoms with Crippen molar-refractivity contribution in [3.8, 4) is 17.2 Å². The van der Waals surface area contributed by atoms with Crippen LogP contribution in [0.15, 0.2) is 72.8 Å². The van der Waals surface area contributed by atoms with Crippen molar-refractivity contribution in [3.05, 3.63) is 89.5 Å². The van der Waals surface area contributed by atoms with E-state index < -0.39 is 23.7 Å². The summed E-state index contributed by atoms with van der Waals surface area (Å²) in [5.41, 5.74) is -0.529. The number of alkyl halides is 3. The number of esters is 2. The molecule has 196 valence electrons. The van der Waals surface area contributed by atoms with E-state index in [1.54, 1.807) is 24.3 Å². The van der Waals surface area contributed by atoms with Crippen LogP contribution in [0.1, 0.15) is 71.7 Å². The quantitative estimate of drug-likeness (QED) is 0.140. The van der Waals surface area contributed by atoms with Gasteiger partial charge in [0.25, 0.3) is 0 Å². The largest absolute Gasteiger partial charge is 0.494 e. The molecule has 0 heterocycles. The van der Waals surface area contributed by atoms with Crippen LogP contribution in [0.4, 0.5) is 13.2 Å². The Morgan fingerprint density at radius 1 is 0.622 bits per heavy atom. The Hall–Kier alpha value is -3.81. The Balaban J connectivity index is 1.45. The maximum Gasteiger partial charge on any atom is 0.416 e. The molecule has 0 aromatic heterocycles. The molecule has 0 fully saturated rings. The van der Waals surface area contributed by atoms with Crippen LogP contribution >= 0.6 is 0 Å². The number of carbonyl (C=O) groups is 2. The second kappa shape index (κ2) is 13.5. The Morgan fingerprint density at radius 3 is 1.54 bits per heavy atom. The van der Waals surface area contributed by atoms with Crippen LogP contribution in [0, 0.1) is 0 Å². The average Bonchev–Trinajstić information content (AvgIpc) is 2.89. The van der Waals surface area contributed by atoms with E-state index >= 15 is 0 Å². The van der Waals surface area contributed by atoms with Gasteiger partial charge in [-0.1, -0.05) is 39.0 Å². The lowest BCUT2D eigenvalue weighted by molar-refractivity contribution is -0.137. The standard InChI is InChI=1S/C29H29F3O5/c1-2-3-4-5-6-7-20-35-24-14-10-22(11-15-24)28(34)37-26-18-16-25(17-19-26)36-27(33)21-8-12-23(13-9-21)29(30,31)32/h8-19H,2-7,20H2,1H3. The van der Waals surface area contributed by atoms with E-state index in [1.165, 1.54) is 49.9 Å². The number of halogens is 3. The molecule has 0 amide bonds. The van der Waals surface area contributed by atoms with Crippen molar-refractivity contribution in [1.29, 1.82) is 0 Å². The summed E-state index contributed by atoms with van der Waals surface area (Å²) in [6, 6.07) is 16.1. The van der Waals surface area contributed by atoms with Gasteiger partial charge >= 0.3 is 18.1 Å². The smallest absolute Gasteiger partial charge is 0.416 e. The number of rotatable bonds is 12. The van der Waals surface area contributed by atoms with Gasteiger partial charge in [0.1, 0.15) is 17.2 Å². The van der Waals surface area contributed by atoms with Gasteiger partial charge in [0.15, 0.2) is 0 Å². The third kappa shape index (κ3) is 8.97. The predicted molar refractivity (Wildman–Crippen MR) is 133 cm³/mol. The predicted octanol–water partition coefficient (Wildman–Crippen LogP) is 7.88. The summed E-state index contributed by atoms with van der Waals surface area (Å²) in [7, 11) is 0. The molecule has 3 aromatic rings. The van der Waals surface area contributed by atoms with Crippen molar-refractivity contribution in [3.63, 3.8) is 0 Å². The molecule has 0 N–H and O–H groups in total. The monoisotopic (exact) mass is 514 g/mol. The summed E-state index contributed by atoms with van der Waals surface area (Å²) in [5.74, 6) is -0.294. The van der Waals surface area contributed by atoms with Crippen LogP contribution in [0.5, 0.6) is 17.2 Å². The highest BCUT2D eigenvalue weighted by atomic mass is 19.4. The first-order chi connectivity index (χ1) is 17.8. The normalized spacial score (nSPS) is 11.1. The summed E-state index contributed by atoms with van der Waals surface area (Å²) >= 11 is 0.